The molecule has 3 N–H and O–H groups in total. The summed E-state index contributed by atoms with van der Waals surface area (Å²) in [6.45, 7) is 2.27. The third-order valence-electron chi connectivity index (χ3n) is 4.00. The van der Waals surface area contributed by atoms with Crippen molar-refractivity contribution in [2.75, 3.05) is 5.32 Å². The second-order valence-electron chi connectivity index (χ2n) is 5.55. The molecule has 3 nitrogen and oxygen atoms in total. The van der Waals surface area contributed by atoms with Crippen molar-refractivity contribution in [3.05, 3.63) is 29.3 Å². The number of carbonyl (C=O) groups excluding carboxylic acids is 1. The van der Waals surface area contributed by atoms with Gasteiger partial charge in [-0.1, -0.05) is 31.4 Å². The van der Waals surface area contributed by atoms with Crippen LogP contribution in [0.5, 0.6) is 0 Å². The molecule has 1 aromatic rings. The molecule has 0 radical (unpaired) electrons. The quantitative estimate of drug-likeness (QED) is 0.888. The highest BCUT2D eigenvalue weighted by Gasteiger charge is 2.29. The first kappa shape index (κ1) is 14.2. The van der Waals surface area contributed by atoms with Crippen LogP contribution >= 0.6 is 11.6 Å². The SMILES string of the molecule is CC1CCC(C(Nc2ccc(Cl)cc2)C(N)=O)CC1. The number of nitrogens with one attached hydrogen (secondary N) is 1. The molecule has 1 aromatic carbocycles. The third-order valence-corrected chi connectivity index (χ3v) is 4.26. The Morgan fingerprint density at radius 1 is 1.26 bits per heavy atom. The Bertz CT molecular complexity index is 424. The van der Waals surface area contributed by atoms with Gasteiger partial charge in [-0.25, -0.2) is 0 Å². The standard InChI is InChI=1S/C15H21ClN2O/c1-10-2-4-11(5-3-10)14(15(17)19)18-13-8-6-12(16)7-9-13/h6-11,14,18H,2-5H2,1H3,(H2,17,19). The van der Waals surface area contributed by atoms with Crippen molar-refractivity contribution < 1.29 is 4.79 Å². The van der Waals surface area contributed by atoms with Crippen molar-refractivity contribution in [1.29, 1.82) is 0 Å². The number of hydrogen-bond acceptors (Lipinski definition) is 2. The van der Waals surface area contributed by atoms with Gasteiger partial charge in [-0.05, 0) is 48.9 Å². The lowest BCUT2D eigenvalue weighted by Crippen LogP contribution is -2.42. The highest BCUT2D eigenvalue weighted by Crippen LogP contribution is 2.31. The van der Waals surface area contributed by atoms with Crippen molar-refractivity contribution in [2.45, 2.75) is 38.6 Å². The molecule has 104 valence electrons. The molecule has 1 aliphatic rings. The van der Waals surface area contributed by atoms with E-state index in [1.807, 2.05) is 24.3 Å². The molecule has 19 heavy (non-hydrogen) atoms. The van der Waals surface area contributed by atoms with E-state index in [0.717, 1.165) is 24.4 Å². The van der Waals surface area contributed by atoms with Crippen LogP contribution in [0, 0.1) is 11.8 Å². The smallest absolute Gasteiger partial charge is 0.240 e. The van der Waals surface area contributed by atoms with Gasteiger partial charge in [0.05, 0.1) is 0 Å². The molecule has 2 rings (SSSR count). The van der Waals surface area contributed by atoms with Crippen LogP contribution in [0.1, 0.15) is 32.6 Å². The first-order valence-corrected chi connectivity index (χ1v) is 7.25. The van der Waals surface area contributed by atoms with Crippen LogP contribution in [0.3, 0.4) is 0 Å². The Morgan fingerprint density at radius 2 is 1.84 bits per heavy atom. The topological polar surface area (TPSA) is 55.1 Å². The van der Waals surface area contributed by atoms with Gasteiger partial charge in [0, 0.05) is 10.7 Å². The van der Waals surface area contributed by atoms with Crippen molar-refractivity contribution in [2.24, 2.45) is 17.6 Å². The number of nitrogens with two attached hydrogens (primary N) is 1. The number of halogens is 1. The molecular weight excluding hydrogens is 260 g/mol. The Kier molecular flexibility index (Phi) is 4.70. The largest absolute Gasteiger partial charge is 0.373 e. The van der Waals surface area contributed by atoms with Gasteiger partial charge < -0.3 is 11.1 Å². The second-order valence-corrected chi connectivity index (χ2v) is 5.99. The van der Waals surface area contributed by atoms with E-state index >= 15 is 0 Å². The Balaban J connectivity index is 2.04. The molecule has 4 heteroatoms. The molecule has 0 bridgehead atoms. The van der Waals surface area contributed by atoms with Gasteiger partial charge in [0.1, 0.15) is 6.04 Å². The highest BCUT2D eigenvalue weighted by atomic mass is 35.5. The summed E-state index contributed by atoms with van der Waals surface area (Å²) in [5, 5.41) is 3.94. The molecule has 1 unspecified atom stereocenters. The molecule has 0 aliphatic heterocycles. The number of hydrogen-bond donors (Lipinski definition) is 2. The molecule has 1 amide bonds. The fourth-order valence-electron chi connectivity index (χ4n) is 2.77. The maximum absolute atomic E-state index is 11.7. The molecule has 0 aromatic heterocycles. The lowest BCUT2D eigenvalue weighted by Gasteiger charge is -2.32. The Morgan fingerprint density at radius 3 is 2.37 bits per heavy atom. The van der Waals surface area contributed by atoms with Gasteiger partial charge in [0.2, 0.25) is 5.91 Å². The number of carbonyl (C=O) groups is 1. The molecule has 0 saturated heterocycles. The zero-order chi connectivity index (χ0) is 13.8. The molecule has 1 atom stereocenters. The van der Waals surface area contributed by atoms with E-state index in [-0.39, 0.29) is 11.9 Å². The van der Waals surface area contributed by atoms with Gasteiger partial charge in [0.25, 0.3) is 0 Å². The molecular formula is C15H21ClN2O. The van der Waals surface area contributed by atoms with Gasteiger partial charge in [-0.3, -0.25) is 4.79 Å². The zero-order valence-electron chi connectivity index (χ0n) is 11.2. The number of benzene rings is 1. The van der Waals surface area contributed by atoms with E-state index in [1.54, 1.807) is 0 Å². The minimum Gasteiger partial charge on any atom is -0.373 e. The lowest BCUT2D eigenvalue weighted by atomic mass is 9.79. The van der Waals surface area contributed by atoms with Gasteiger partial charge >= 0.3 is 0 Å². The number of rotatable bonds is 4. The Hall–Kier alpha value is -1.22. The van der Waals surface area contributed by atoms with Crippen molar-refractivity contribution in [3.63, 3.8) is 0 Å². The van der Waals surface area contributed by atoms with Crippen LogP contribution in [-0.2, 0) is 4.79 Å². The average Bonchev–Trinajstić information content (AvgIpc) is 2.39. The fraction of sp³-hybridized carbons (Fsp3) is 0.533. The molecule has 1 saturated carbocycles. The van der Waals surface area contributed by atoms with Crippen LogP contribution in [0.2, 0.25) is 5.02 Å². The van der Waals surface area contributed by atoms with Crippen LogP contribution in [0.25, 0.3) is 0 Å². The van der Waals surface area contributed by atoms with Crippen molar-refractivity contribution >= 4 is 23.2 Å². The van der Waals surface area contributed by atoms with Gasteiger partial charge in [0.15, 0.2) is 0 Å². The number of amides is 1. The summed E-state index contributed by atoms with van der Waals surface area (Å²) >= 11 is 5.86. The average molecular weight is 281 g/mol. The fourth-order valence-corrected chi connectivity index (χ4v) is 2.89. The predicted molar refractivity (Wildman–Crippen MR) is 79.2 cm³/mol. The summed E-state index contributed by atoms with van der Waals surface area (Å²) < 4.78 is 0. The molecule has 0 spiro atoms. The summed E-state index contributed by atoms with van der Waals surface area (Å²) in [6.07, 6.45) is 4.48. The molecule has 1 aliphatic carbocycles. The monoisotopic (exact) mass is 280 g/mol. The third kappa shape index (κ3) is 3.87. The lowest BCUT2D eigenvalue weighted by molar-refractivity contribution is -0.120. The first-order chi connectivity index (χ1) is 9.06. The summed E-state index contributed by atoms with van der Waals surface area (Å²) in [6, 6.07) is 7.09. The maximum atomic E-state index is 11.7. The van der Waals surface area contributed by atoms with E-state index in [0.29, 0.717) is 10.9 Å². The van der Waals surface area contributed by atoms with Gasteiger partial charge in [-0.15, -0.1) is 0 Å². The van der Waals surface area contributed by atoms with Crippen LogP contribution in [0.15, 0.2) is 24.3 Å². The van der Waals surface area contributed by atoms with E-state index in [4.69, 9.17) is 17.3 Å². The second kappa shape index (κ2) is 6.29. The van der Waals surface area contributed by atoms with E-state index in [2.05, 4.69) is 12.2 Å². The molecule has 0 heterocycles. The normalized spacial score (nSPS) is 24.7. The van der Waals surface area contributed by atoms with Crippen LogP contribution < -0.4 is 11.1 Å². The zero-order valence-corrected chi connectivity index (χ0v) is 12.0. The van der Waals surface area contributed by atoms with E-state index in [1.165, 1.54) is 12.8 Å². The minimum absolute atomic E-state index is 0.269. The van der Waals surface area contributed by atoms with Gasteiger partial charge in [-0.2, -0.15) is 0 Å². The summed E-state index contributed by atoms with van der Waals surface area (Å²) in [5.41, 5.74) is 6.45. The predicted octanol–water partition coefficient (Wildman–Crippen LogP) is 3.43. The number of anilines is 1. The number of primary amides is 1. The summed E-state index contributed by atoms with van der Waals surface area (Å²) in [7, 11) is 0. The van der Waals surface area contributed by atoms with E-state index < -0.39 is 0 Å². The highest BCUT2D eigenvalue weighted by molar-refractivity contribution is 6.30. The minimum atomic E-state index is -0.284. The first-order valence-electron chi connectivity index (χ1n) is 6.87. The van der Waals surface area contributed by atoms with Crippen LogP contribution in [0.4, 0.5) is 5.69 Å². The summed E-state index contributed by atoms with van der Waals surface area (Å²) in [4.78, 5) is 11.7. The van der Waals surface area contributed by atoms with Crippen molar-refractivity contribution in [1.82, 2.24) is 0 Å². The van der Waals surface area contributed by atoms with Crippen LogP contribution in [-0.4, -0.2) is 11.9 Å². The maximum Gasteiger partial charge on any atom is 0.240 e. The Labute approximate surface area is 119 Å². The summed E-state index contributed by atoms with van der Waals surface area (Å²) in [5.74, 6) is 0.833. The van der Waals surface area contributed by atoms with E-state index in [9.17, 15) is 4.79 Å². The van der Waals surface area contributed by atoms with Crippen molar-refractivity contribution in [3.8, 4) is 0 Å². The molecule has 1 fully saturated rings.